The van der Waals surface area contributed by atoms with E-state index in [1.165, 1.54) is 0 Å². The van der Waals surface area contributed by atoms with Gasteiger partial charge < -0.3 is 0 Å². The van der Waals surface area contributed by atoms with E-state index in [-0.39, 0.29) is 0 Å². The molecule has 1 N–H and O–H groups in total. The lowest BCUT2D eigenvalue weighted by Crippen LogP contribution is -2.48. The van der Waals surface area contributed by atoms with Crippen LogP contribution in [0.25, 0.3) is 10.7 Å². The van der Waals surface area contributed by atoms with Gasteiger partial charge in [-0.1, -0.05) is 12.1 Å². The SMILES string of the molecule is Cc1ccc(S(=O)(=O)N2CCN(Cn3[nH]c(-c4cccs4)nc3=S)CC2)cc1C. The first kappa shape index (κ1) is 20.4. The zero-order valence-corrected chi connectivity index (χ0v) is 18.8. The molecule has 0 radical (unpaired) electrons. The summed E-state index contributed by atoms with van der Waals surface area (Å²) in [7, 11) is -3.47. The molecule has 1 fully saturated rings. The summed E-state index contributed by atoms with van der Waals surface area (Å²) >= 11 is 6.98. The van der Waals surface area contributed by atoms with E-state index in [9.17, 15) is 8.42 Å². The van der Waals surface area contributed by atoms with Crippen LogP contribution >= 0.6 is 23.6 Å². The van der Waals surface area contributed by atoms with Gasteiger partial charge in [0.25, 0.3) is 0 Å². The lowest BCUT2D eigenvalue weighted by Gasteiger charge is -2.33. The molecule has 154 valence electrons. The fraction of sp³-hybridized carbons (Fsp3) is 0.368. The van der Waals surface area contributed by atoms with Crippen molar-refractivity contribution in [3.05, 3.63) is 51.6 Å². The number of hydrogen-bond acceptors (Lipinski definition) is 6. The van der Waals surface area contributed by atoms with Crippen LogP contribution in [-0.4, -0.2) is 58.6 Å². The lowest BCUT2D eigenvalue weighted by atomic mass is 10.1. The molecule has 10 heteroatoms. The molecule has 1 saturated heterocycles. The molecule has 1 aliphatic heterocycles. The Balaban J connectivity index is 1.42. The Morgan fingerprint density at radius 1 is 1.14 bits per heavy atom. The molecule has 29 heavy (non-hydrogen) atoms. The van der Waals surface area contributed by atoms with Crippen LogP contribution in [0.5, 0.6) is 0 Å². The number of benzene rings is 1. The molecule has 4 rings (SSSR count). The van der Waals surface area contributed by atoms with E-state index in [2.05, 4.69) is 15.0 Å². The number of aryl methyl sites for hydroxylation is 2. The van der Waals surface area contributed by atoms with Gasteiger partial charge in [-0.05, 0) is 60.8 Å². The minimum atomic E-state index is -3.47. The maximum absolute atomic E-state index is 13.0. The Morgan fingerprint density at radius 3 is 2.55 bits per heavy atom. The number of nitrogens with zero attached hydrogens (tertiary/aromatic N) is 4. The fourth-order valence-corrected chi connectivity index (χ4v) is 5.68. The quantitative estimate of drug-likeness (QED) is 0.605. The fourth-order valence-electron chi connectivity index (χ4n) is 3.31. The van der Waals surface area contributed by atoms with Crippen LogP contribution in [0.3, 0.4) is 0 Å². The maximum atomic E-state index is 13.0. The number of thiophene rings is 1. The highest BCUT2D eigenvalue weighted by Gasteiger charge is 2.29. The second kappa shape index (κ2) is 8.11. The van der Waals surface area contributed by atoms with Crippen LogP contribution in [0.4, 0.5) is 0 Å². The van der Waals surface area contributed by atoms with Crippen molar-refractivity contribution in [1.29, 1.82) is 0 Å². The minimum Gasteiger partial charge on any atom is -0.282 e. The number of nitrogens with one attached hydrogen (secondary N) is 1. The Bertz CT molecular complexity index is 1160. The number of H-pyrrole nitrogens is 1. The third-order valence-electron chi connectivity index (χ3n) is 5.22. The molecular weight excluding hydrogens is 426 g/mol. The van der Waals surface area contributed by atoms with Crippen LogP contribution in [-0.2, 0) is 16.7 Å². The third kappa shape index (κ3) is 4.22. The third-order valence-corrected chi connectivity index (χ3v) is 8.31. The Morgan fingerprint density at radius 2 is 1.90 bits per heavy atom. The molecule has 0 atom stereocenters. The normalized spacial score (nSPS) is 16.3. The molecule has 3 aromatic rings. The van der Waals surface area contributed by atoms with Gasteiger partial charge in [0.2, 0.25) is 14.8 Å². The van der Waals surface area contributed by atoms with Crippen molar-refractivity contribution >= 4 is 33.6 Å². The molecule has 1 aromatic carbocycles. The second-order valence-corrected chi connectivity index (χ2v) is 10.4. The molecule has 3 heterocycles. The number of hydrogen-bond donors (Lipinski definition) is 1. The zero-order chi connectivity index (χ0) is 20.6. The van der Waals surface area contributed by atoms with Crippen LogP contribution in [0.1, 0.15) is 11.1 Å². The van der Waals surface area contributed by atoms with Crippen molar-refractivity contribution in [3.63, 3.8) is 0 Å². The molecule has 1 aliphatic rings. The number of aromatic amines is 1. The first-order valence-electron chi connectivity index (χ1n) is 9.35. The predicted octanol–water partition coefficient (Wildman–Crippen LogP) is 3.25. The van der Waals surface area contributed by atoms with Gasteiger partial charge in [0.05, 0.1) is 16.4 Å². The second-order valence-electron chi connectivity index (χ2n) is 7.17. The van der Waals surface area contributed by atoms with E-state index in [0.29, 0.717) is 42.5 Å². The standard InChI is InChI=1S/C19H23N5O2S3/c1-14-5-6-16(12-15(14)2)29(25,26)23-9-7-22(8-10-23)13-24-19(27)20-18(21-24)17-4-3-11-28-17/h3-6,11-12H,7-10,13H2,1-2H3,(H,20,21,27). The van der Waals surface area contributed by atoms with Crippen LogP contribution < -0.4 is 0 Å². The van der Waals surface area contributed by atoms with Crippen molar-refractivity contribution in [3.8, 4) is 10.7 Å². The number of piperazine rings is 1. The van der Waals surface area contributed by atoms with Gasteiger partial charge in [-0.3, -0.25) is 10.00 Å². The summed E-state index contributed by atoms with van der Waals surface area (Å²) in [4.78, 5) is 8.01. The lowest BCUT2D eigenvalue weighted by molar-refractivity contribution is 0.145. The van der Waals surface area contributed by atoms with Gasteiger partial charge in [0, 0.05) is 26.2 Å². The molecular formula is C19H23N5O2S3. The number of aromatic nitrogens is 3. The molecule has 0 unspecified atom stereocenters. The first-order chi connectivity index (χ1) is 13.8. The van der Waals surface area contributed by atoms with Crippen LogP contribution in [0.15, 0.2) is 40.6 Å². The predicted molar refractivity (Wildman–Crippen MR) is 117 cm³/mol. The summed E-state index contributed by atoms with van der Waals surface area (Å²) < 4.78 is 29.8. The monoisotopic (exact) mass is 449 g/mol. The van der Waals surface area contributed by atoms with E-state index in [1.54, 1.807) is 27.8 Å². The summed E-state index contributed by atoms with van der Waals surface area (Å²) in [5, 5.41) is 5.25. The Kier molecular flexibility index (Phi) is 5.71. The largest absolute Gasteiger partial charge is 0.282 e. The van der Waals surface area contributed by atoms with E-state index < -0.39 is 10.0 Å². The first-order valence-corrected chi connectivity index (χ1v) is 12.1. The van der Waals surface area contributed by atoms with Gasteiger partial charge in [0.1, 0.15) is 0 Å². The highest BCUT2D eigenvalue weighted by molar-refractivity contribution is 7.89. The van der Waals surface area contributed by atoms with Gasteiger partial charge >= 0.3 is 0 Å². The summed E-state index contributed by atoms with van der Waals surface area (Å²) in [6.45, 7) is 6.66. The van der Waals surface area contributed by atoms with Crippen LogP contribution in [0.2, 0.25) is 0 Å². The molecule has 0 saturated carbocycles. The van der Waals surface area contributed by atoms with Crippen molar-refractivity contribution in [2.45, 2.75) is 25.4 Å². The van der Waals surface area contributed by atoms with Crippen LogP contribution in [0, 0.1) is 18.6 Å². The molecule has 0 spiro atoms. The van der Waals surface area contributed by atoms with E-state index >= 15 is 0 Å². The molecule has 0 bridgehead atoms. The van der Waals surface area contributed by atoms with Crippen molar-refractivity contribution in [1.82, 2.24) is 24.0 Å². The number of rotatable bonds is 5. The van der Waals surface area contributed by atoms with Crippen molar-refractivity contribution in [2.75, 3.05) is 26.2 Å². The summed E-state index contributed by atoms with van der Waals surface area (Å²) in [6.07, 6.45) is 0. The topological polar surface area (TPSA) is 74.2 Å². The van der Waals surface area contributed by atoms with Crippen molar-refractivity contribution < 1.29 is 8.42 Å². The average molecular weight is 450 g/mol. The highest BCUT2D eigenvalue weighted by Crippen LogP contribution is 2.22. The molecule has 0 aliphatic carbocycles. The smallest absolute Gasteiger partial charge is 0.243 e. The summed E-state index contributed by atoms with van der Waals surface area (Å²) in [6, 6.07) is 9.29. The van der Waals surface area contributed by atoms with Gasteiger partial charge in [-0.25, -0.2) is 13.1 Å². The summed E-state index contributed by atoms with van der Waals surface area (Å²) in [5.41, 5.74) is 2.08. The Labute approximate surface area is 179 Å². The van der Waals surface area contributed by atoms with Gasteiger partial charge in [-0.15, -0.1) is 11.3 Å². The zero-order valence-electron chi connectivity index (χ0n) is 16.3. The molecule has 0 amide bonds. The maximum Gasteiger partial charge on any atom is 0.243 e. The van der Waals surface area contributed by atoms with Crippen molar-refractivity contribution in [2.24, 2.45) is 0 Å². The minimum absolute atomic E-state index is 0.366. The molecule has 2 aromatic heterocycles. The van der Waals surface area contributed by atoms with Gasteiger partial charge in [0.15, 0.2) is 5.82 Å². The number of sulfonamides is 1. The summed E-state index contributed by atoms with van der Waals surface area (Å²) in [5.74, 6) is 0.765. The highest BCUT2D eigenvalue weighted by atomic mass is 32.2. The van der Waals surface area contributed by atoms with E-state index in [4.69, 9.17) is 12.2 Å². The molecule has 7 nitrogen and oxygen atoms in total. The average Bonchev–Trinajstić information content (AvgIpc) is 3.35. The van der Waals surface area contributed by atoms with E-state index in [1.807, 2.05) is 42.1 Å². The van der Waals surface area contributed by atoms with E-state index in [0.717, 1.165) is 21.8 Å². The Hall–Kier alpha value is -1.85. The van der Waals surface area contributed by atoms with Gasteiger partial charge in [-0.2, -0.15) is 9.29 Å².